The number of anilines is 1. The van der Waals surface area contributed by atoms with E-state index in [1.165, 1.54) is 29.2 Å². The van der Waals surface area contributed by atoms with Gasteiger partial charge in [-0.1, -0.05) is 48.9 Å². The van der Waals surface area contributed by atoms with Crippen molar-refractivity contribution in [2.24, 2.45) is 0 Å². The first-order valence-corrected chi connectivity index (χ1v) is 14.4. The Morgan fingerprint density at radius 3 is 2.15 bits per heavy atom. The highest BCUT2D eigenvalue weighted by Gasteiger charge is 2.34. The van der Waals surface area contributed by atoms with Crippen LogP contribution in [0.4, 0.5) is 10.1 Å². The maximum Gasteiger partial charge on any atom is 0.264 e. The van der Waals surface area contributed by atoms with Gasteiger partial charge in [0, 0.05) is 13.1 Å². The van der Waals surface area contributed by atoms with E-state index in [1.54, 1.807) is 50.2 Å². The van der Waals surface area contributed by atoms with Crippen molar-refractivity contribution in [3.8, 4) is 0 Å². The first kappa shape index (κ1) is 29.8. The molecule has 0 aliphatic heterocycles. The molecule has 0 spiro atoms. The van der Waals surface area contributed by atoms with E-state index in [2.05, 4.69) is 5.32 Å². The van der Waals surface area contributed by atoms with E-state index in [9.17, 15) is 22.4 Å². The number of nitrogens with one attached hydrogen (secondary N) is 1. The summed E-state index contributed by atoms with van der Waals surface area (Å²) >= 11 is 0. The van der Waals surface area contributed by atoms with E-state index in [0.717, 1.165) is 21.0 Å². The summed E-state index contributed by atoms with van der Waals surface area (Å²) in [4.78, 5) is 28.4. The van der Waals surface area contributed by atoms with Crippen molar-refractivity contribution < 1.29 is 22.4 Å². The van der Waals surface area contributed by atoms with Crippen LogP contribution in [0.5, 0.6) is 0 Å². The van der Waals surface area contributed by atoms with Gasteiger partial charge in [-0.3, -0.25) is 13.9 Å². The fourth-order valence-corrected chi connectivity index (χ4v) is 5.83. The molecule has 3 aromatic carbocycles. The van der Waals surface area contributed by atoms with Crippen LogP contribution in [-0.4, -0.2) is 44.3 Å². The van der Waals surface area contributed by atoms with E-state index < -0.39 is 34.3 Å². The molecule has 3 aromatic rings. The van der Waals surface area contributed by atoms with Crippen LogP contribution in [0.15, 0.2) is 71.6 Å². The Morgan fingerprint density at radius 1 is 0.923 bits per heavy atom. The summed E-state index contributed by atoms with van der Waals surface area (Å²) in [5, 5.41) is 2.77. The molecule has 0 bridgehead atoms. The third kappa shape index (κ3) is 7.03. The van der Waals surface area contributed by atoms with E-state index >= 15 is 0 Å². The summed E-state index contributed by atoms with van der Waals surface area (Å²) in [7, 11) is -4.14. The second-order valence-electron chi connectivity index (χ2n) is 9.51. The lowest BCUT2D eigenvalue weighted by molar-refractivity contribution is -0.140. The monoisotopic (exact) mass is 553 g/mol. The van der Waals surface area contributed by atoms with Crippen LogP contribution in [0.3, 0.4) is 0 Å². The van der Waals surface area contributed by atoms with Gasteiger partial charge in [0.15, 0.2) is 0 Å². The quantitative estimate of drug-likeness (QED) is 0.366. The summed E-state index contributed by atoms with van der Waals surface area (Å²) in [6, 6.07) is 16.6. The van der Waals surface area contributed by atoms with E-state index in [-0.39, 0.29) is 17.3 Å². The largest absolute Gasteiger partial charge is 0.355 e. The molecule has 0 radical (unpaired) electrons. The summed E-state index contributed by atoms with van der Waals surface area (Å²) in [5.41, 5.74) is 3.51. The molecule has 1 N–H and O–H groups in total. The molecule has 39 heavy (non-hydrogen) atoms. The molecule has 0 aliphatic rings. The van der Waals surface area contributed by atoms with Gasteiger partial charge in [-0.15, -0.1) is 0 Å². The Hall–Kier alpha value is -3.72. The van der Waals surface area contributed by atoms with Gasteiger partial charge in [0.2, 0.25) is 11.8 Å². The fraction of sp³-hybridized carbons (Fsp3) is 0.333. The lowest BCUT2D eigenvalue weighted by atomic mass is 10.1. The van der Waals surface area contributed by atoms with E-state index in [4.69, 9.17) is 0 Å². The van der Waals surface area contributed by atoms with Crippen molar-refractivity contribution in [1.29, 1.82) is 0 Å². The van der Waals surface area contributed by atoms with Crippen molar-refractivity contribution in [3.63, 3.8) is 0 Å². The molecular weight excluding hydrogens is 517 g/mol. The predicted molar refractivity (Wildman–Crippen MR) is 151 cm³/mol. The molecule has 208 valence electrons. The minimum atomic E-state index is -4.14. The fourth-order valence-electron chi connectivity index (χ4n) is 4.35. The second kappa shape index (κ2) is 12.9. The third-order valence-corrected chi connectivity index (χ3v) is 8.51. The van der Waals surface area contributed by atoms with Crippen LogP contribution in [0.2, 0.25) is 0 Å². The Balaban J connectivity index is 2.10. The van der Waals surface area contributed by atoms with Gasteiger partial charge >= 0.3 is 0 Å². The Kier molecular flexibility index (Phi) is 9.86. The Labute approximate surface area is 230 Å². The summed E-state index contributed by atoms with van der Waals surface area (Å²) in [5.74, 6) is -1.30. The molecule has 0 saturated heterocycles. The number of carbonyl (C=O) groups excluding carboxylic acids is 2. The average molecular weight is 554 g/mol. The van der Waals surface area contributed by atoms with Gasteiger partial charge in [-0.05, 0) is 81.1 Å². The number of halogens is 1. The highest BCUT2D eigenvalue weighted by molar-refractivity contribution is 7.92. The lowest BCUT2D eigenvalue weighted by Gasteiger charge is -2.33. The second-order valence-corrected chi connectivity index (χ2v) is 11.4. The molecule has 7 nitrogen and oxygen atoms in total. The normalized spacial score (nSPS) is 12.1. The van der Waals surface area contributed by atoms with Gasteiger partial charge in [0.05, 0.1) is 10.6 Å². The van der Waals surface area contributed by atoms with Crippen LogP contribution in [0.25, 0.3) is 0 Å². The van der Waals surface area contributed by atoms with Gasteiger partial charge in [-0.25, -0.2) is 12.8 Å². The zero-order valence-corrected chi connectivity index (χ0v) is 23.9. The lowest BCUT2D eigenvalue weighted by Crippen LogP contribution is -2.52. The number of amides is 2. The average Bonchev–Trinajstić information content (AvgIpc) is 2.90. The zero-order valence-electron chi connectivity index (χ0n) is 23.1. The molecule has 0 aliphatic carbocycles. The first-order chi connectivity index (χ1) is 18.5. The first-order valence-electron chi connectivity index (χ1n) is 13.0. The minimum absolute atomic E-state index is 0.0139. The van der Waals surface area contributed by atoms with Crippen molar-refractivity contribution in [2.45, 2.75) is 58.5 Å². The number of carbonyl (C=O) groups is 2. The maximum absolute atomic E-state index is 14.0. The van der Waals surface area contributed by atoms with Crippen LogP contribution in [0.1, 0.15) is 42.5 Å². The van der Waals surface area contributed by atoms with Crippen molar-refractivity contribution in [2.75, 3.05) is 17.4 Å². The van der Waals surface area contributed by atoms with Crippen LogP contribution in [-0.2, 0) is 26.2 Å². The summed E-state index contributed by atoms with van der Waals surface area (Å²) < 4.78 is 42.6. The highest BCUT2D eigenvalue weighted by atomic mass is 32.2. The van der Waals surface area contributed by atoms with Crippen molar-refractivity contribution in [1.82, 2.24) is 10.2 Å². The molecular formula is C30H36FN3O4S. The zero-order chi connectivity index (χ0) is 28.7. The SMILES string of the molecule is CCNC(=O)[C@H](CC)N(Cc1ccc(F)cc1)C(=O)CN(c1cccc(C)c1C)S(=O)(=O)c1ccc(C)cc1. The number of rotatable bonds is 11. The topological polar surface area (TPSA) is 86.8 Å². The summed E-state index contributed by atoms with van der Waals surface area (Å²) in [6.45, 7) is 9.00. The number of hydrogen-bond acceptors (Lipinski definition) is 4. The van der Waals surface area contributed by atoms with Gasteiger partial charge < -0.3 is 10.2 Å². The maximum atomic E-state index is 14.0. The molecule has 3 rings (SSSR count). The van der Waals surface area contributed by atoms with E-state index in [1.807, 2.05) is 26.8 Å². The summed E-state index contributed by atoms with van der Waals surface area (Å²) in [6.07, 6.45) is 0.312. The Bertz CT molecular complexity index is 1410. The predicted octanol–water partition coefficient (Wildman–Crippen LogP) is 4.89. The molecule has 9 heteroatoms. The van der Waals surface area contributed by atoms with E-state index in [0.29, 0.717) is 24.2 Å². The Morgan fingerprint density at radius 2 is 1.56 bits per heavy atom. The number of sulfonamides is 1. The molecule has 0 heterocycles. The van der Waals surface area contributed by atoms with Gasteiger partial charge in [0.25, 0.3) is 10.0 Å². The van der Waals surface area contributed by atoms with Gasteiger partial charge in [0.1, 0.15) is 18.4 Å². The number of nitrogens with zero attached hydrogens (tertiary/aromatic N) is 2. The van der Waals surface area contributed by atoms with Crippen LogP contribution in [0, 0.1) is 26.6 Å². The third-order valence-electron chi connectivity index (χ3n) is 6.74. The molecule has 2 amide bonds. The van der Waals surface area contributed by atoms with Gasteiger partial charge in [-0.2, -0.15) is 0 Å². The molecule has 0 aromatic heterocycles. The van der Waals surface area contributed by atoms with Crippen molar-refractivity contribution >= 4 is 27.5 Å². The molecule has 0 unspecified atom stereocenters. The number of aryl methyl sites for hydroxylation is 2. The van der Waals surface area contributed by atoms with Crippen LogP contribution < -0.4 is 9.62 Å². The molecule has 0 saturated carbocycles. The molecule has 1 atom stereocenters. The number of hydrogen-bond donors (Lipinski definition) is 1. The highest BCUT2D eigenvalue weighted by Crippen LogP contribution is 2.29. The minimum Gasteiger partial charge on any atom is -0.355 e. The van der Waals surface area contributed by atoms with Crippen molar-refractivity contribution in [3.05, 3.63) is 94.8 Å². The smallest absolute Gasteiger partial charge is 0.264 e. The molecule has 0 fully saturated rings. The van der Waals surface area contributed by atoms with Crippen LogP contribution >= 0.6 is 0 Å². The number of benzene rings is 3. The number of likely N-dealkylation sites (N-methyl/N-ethyl adjacent to an activating group) is 1. The standard InChI is InChI=1S/C30H36FN3O4S/c1-6-27(30(36)32-7-2)33(19-24-13-15-25(31)16-14-24)29(35)20-34(28-10-8-9-22(4)23(28)5)39(37,38)26-17-11-21(3)12-18-26/h8-18,27H,6-7,19-20H2,1-5H3,(H,32,36)/t27-/m0/s1.